The zero-order valence-electron chi connectivity index (χ0n) is 28.7. The Morgan fingerprint density at radius 3 is 2.52 bits per heavy atom. The second-order valence-electron chi connectivity index (χ2n) is 14.1. The molecule has 5 aromatic rings. The van der Waals surface area contributed by atoms with Gasteiger partial charge in [0.25, 0.3) is 5.91 Å². The maximum Gasteiger partial charge on any atom is 0.343 e. The number of benzene rings is 3. The lowest BCUT2D eigenvalue weighted by atomic mass is 9.88. The number of aliphatic hydroxyl groups is 5. The van der Waals surface area contributed by atoms with Gasteiger partial charge in [-0.3, -0.25) is 4.79 Å². The summed E-state index contributed by atoms with van der Waals surface area (Å²) in [4.78, 5) is 27.4. The maximum atomic E-state index is 13.9. The number of nitrogens with one attached hydrogen (secondary N) is 1. The van der Waals surface area contributed by atoms with Gasteiger partial charge >= 0.3 is 5.97 Å². The zero-order valence-corrected chi connectivity index (χ0v) is 29.5. The van der Waals surface area contributed by atoms with Crippen LogP contribution in [0.3, 0.4) is 0 Å². The van der Waals surface area contributed by atoms with Crippen molar-refractivity contribution in [3.05, 3.63) is 58.7 Å². The summed E-state index contributed by atoms with van der Waals surface area (Å²) in [5.41, 5.74) is 2.32. The molecule has 0 spiro atoms. The van der Waals surface area contributed by atoms with Gasteiger partial charge in [0, 0.05) is 40.3 Å². The average molecular weight is 734 g/mol. The van der Waals surface area contributed by atoms with Crippen LogP contribution < -0.4 is 5.32 Å². The molecule has 1 amide bonds. The summed E-state index contributed by atoms with van der Waals surface area (Å²) in [5.74, 6) is 0.704. The lowest BCUT2D eigenvalue weighted by Crippen LogP contribution is -2.59. The maximum absolute atomic E-state index is 13.9. The summed E-state index contributed by atoms with van der Waals surface area (Å²) in [6.07, 6.45) is -8.06. The number of carbonyl (C=O) groups excluding carboxylic acids is 2. The van der Waals surface area contributed by atoms with Gasteiger partial charge in [0.15, 0.2) is 12.0 Å². The van der Waals surface area contributed by atoms with E-state index in [4.69, 9.17) is 18.9 Å². The number of rotatable bonds is 8. The van der Waals surface area contributed by atoms with Gasteiger partial charge < -0.3 is 58.9 Å². The minimum absolute atomic E-state index is 0.0825. The number of amides is 1. The number of ether oxygens (including phenoxy) is 4. The summed E-state index contributed by atoms with van der Waals surface area (Å²) in [7, 11) is 1.25. The van der Waals surface area contributed by atoms with E-state index in [1.807, 2.05) is 39.5 Å². The number of hydrogen-bond acceptors (Lipinski definition) is 12. The highest BCUT2D eigenvalue weighted by Gasteiger charge is 2.66. The normalized spacial score (nSPS) is 30.9. The second kappa shape index (κ2) is 11.9. The van der Waals surface area contributed by atoms with Gasteiger partial charge in [0.2, 0.25) is 5.60 Å². The first-order valence-corrected chi connectivity index (χ1v) is 18.5. The van der Waals surface area contributed by atoms with E-state index >= 15 is 0 Å². The van der Waals surface area contributed by atoms with E-state index < -0.39 is 60.8 Å². The largest absolute Gasteiger partial charge is 0.467 e. The SMILES string of the molecule is CCSCc1ccc2c(c1)c1c3c(c4c5cc(COC6OC(CO)C(O)C(O)C6O)ccc5n5c4c1n2C1(C)OC5CC1(O)C(=O)OC)C(=O)NC3. The van der Waals surface area contributed by atoms with Crippen LogP contribution >= 0.6 is 11.8 Å². The second-order valence-corrected chi connectivity index (χ2v) is 15.4. The molecule has 4 aliphatic rings. The van der Waals surface area contributed by atoms with Crippen molar-refractivity contribution >= 4 is 67.3 Å². The highest BCUT2D eigenvalue weighted by atomic mass is 32.2. The Hall–Kier alpha value is -3.77. The van der Waals surface area contributed by atoms with Gasteiger partial charge in [-0.15, -0.1) is 0 Å². The molecule has 15 heteroatoms. The molecule has 2 aromatic heterocycles. The number of aliphatic hydroxyl groups excluding tert-OH is 4. The van der Waals surface area contributed by atoms with Gasteiger partial charge in [-0.25, -0.2) is 4.79 Å². The van der Waals surface area contributed by atoms with Crippen molar-refractivity contribution in [1.29, 1.82) is 0 Å². The van der Waals surface area contributed by atoms with Crippen LogP contribution in [0.1, 0.15) is 53.5 Å². The molecule has 8 unspecified atom stereocenters. The molecular formula is C37H39N3O11S. The number of nitrogens with zero attached hydrogens (tertiary/aromatic N) is 2. The Bertz CT molecular complexity index is 2340. The van der Waals surface area contributed by atoms with Crippen molar-refractivity contribution in [2.75, 3.05) is 19.5 Å². The summed E-state index contributed by atoms with van der Waals surface area (Å²) in [6.45, 7) is 3.44. The molecule has 0 radical (unpaired) electrons. The van der Waals surface area contributed by atoms with E-state index in [0.717, 1.165) is 50.0 Å². The first kappa shape index (κ1) is 34.0. The Balaban J connectivity index is 1.30. The van der Waals surface area contributed by atoms with Gasteiger partial charge in [-0.1, -0.05) is 19.1 Å². The quantitative estimate of drug-likeness (QED) is 0.128. The van der Waals surface area contributed by atoms with E-state index in [1.165, 1.54) is 7.11 Å². The summed E-state index contributed by atoms with van der Waals surface area (Å²) >= 11 is 1.80. The molecule has 9 rings (SSSR count). The Labute approximate surface area is 300 Å². The molecule has 8 atom stereocenters. The fraction of sp³-hybridized carbons (Fsp3) is 0.459. The van der Waals surface area contributed by atoms with Crippen LogP contribution in [0.2, 0.25) is 0 Å². The van der Waals surface area contributed by atoms with Crippen molar-refractivity contribution in [1.82, 2.24) is 14.5 Å². The third-order valence-corrected chi connectivity index (χ3v) is 12.4. The Kier molecular flexibility index (Phi) is 7.76. The van der Waals surface area contributed by atoms with E-state index in [9.17, 15) is 35.1 Å². The molecule has 274 valence electrons. The standard InChI is InChI=1S/C37H39N3O11S/c1-4-52-15-17-6-8-22-19(10-17)25-20-12-38-33(45)27(20)26-18-9-16(14-49-34-32(44)31(43)30(42)23(13-41)50-34)5-7-21(18)39-24-11-37(47,35(46)48-3)36(2,51-24)40(22)29(25)28(26)39/h5-10,23-24,30-32,34,41-44,47H,4,11-15H2,1-3H3,(H,38,45). The molecule has 14 nitrogen and oxygen atoms in total. The smallest absolute Gasteiger partial charge is 0.343 e. The van der Waals surface area contributed by atoms with Crippen LogP contribution in [-0.2, 0) is 48.4 Å². The lowest BCUT2D eigenvalue weighted by Gasteiger charge is -2.39. The monoisotopic (exact) mass is 733 g/mol. The first-order valence-electron chi connectivity index (χ1n) is 17.3. The van der Waals surface area contributed by atoms with Crippen molar-refractivity contribution < 1.29 is 54.1 Å². The highest BCUT2D eigenvalue weighted by molar-refractivity contribution is 7.98. The number of methoxy groups -OCH3 is 1. The summed E-state index contributed by atoms with van der Waals surface area (Å²) in [6, 6.07) is 11.7. The fourth-order valence-corrected chi connectivity index (χ4v) is 9.49. The molecule has 0 saturated carbocycles. The first-order chi connectivity index (χ1) is 25.0. The van der Waals surface area contributed by atoms with Crippen LogP contribution in [0.4, 0.5) is 0 Å². The predicted octanol–water partition coefficient (Wildman–Crippen LogP) is 2.22. The van der Waals surface area contributed by atoms with Gasteiger partial charge in [0.05, 0.1) is 48.0 Å². The third-order valence-electron chi connectivity index (χ3n) is 11.4. The number of aromatic nitrogens is 2. The van der Waals surface area contributed by atoms with E-state index in [1.54, 1.807) is 18.7 Å². The molecular weight excluding hydrogens is 694 g/mol. The summed E-state index contributed by atoms with van der Waals surface area (Å²) < 4.78 is 27.4. The number of hydrogen-bond donors (Lipinski definition) is 6. The van der Waals surface area contributed by atoms with Crippen molar-refractivity contribution in [2.45, 2.75) is 87.4 Å². The fourth-order valence-electron chi connectivity index (χ4n) is 8.87. The average Bonchev–Trinajstić information content (AvgIpc) is 3.85. The Morgan fingerprint density at radius 2 is 1.77 bits per heavy atom. The van der Waals surface area contributed by atoms with Crippen LogP contribution in [0.15, 0.2) is 36.4 Å². The van der Waals surface area contributed by atoms with Gasteiger partial charge in [0.1, 0.15) is 30.6 Å². The molecule has 3 aromatic carbocycles. The van der Waals surface area contributed by atoms with E-state index in [-0.39, 0.29) is 25.5 Å². The molecule has 6 heterocycles. The zero-order chi connectivity index (χ0) is 36.4. The molecule has 0 aliphatic carbocycles. The summed E-state index contributed by atoms with van der Waals surface area (Å²) in [5, 5.41) is 59.2. The molecule has 2 bridgehead atoms. The van der Waals surface area contributed by atoms with Crippen molar-refractivity contribution in [3.8, 4) is 0 Å². The minimum atomic E-state index is -2.07. The molecule has 52 heavy (non-hydrogen) atoms. The van der Waals surface area contributed by atoms with Crippen LogP contribution in [0.25, 0.3) is 43.6 Å². The van der Waals surface area contributed by atoms with Gasteiger partial charge in [-0.2, -0.15) is 11.8 Å². The number of thioether (sulfide) groups is 1. The third kappa shape index (κ3) is 4.36. The van der Waals surface area contributed by atoms with E-state index in [2.05, 4.69) is 18.3 Å². The van der Waals surface area contributed by atoms with Crippen LogP contribution in [0.5, 0.6) is 0 Å². The van der Waals surface area contributed by atoms with E-state index in [0.29, 0.717) is 27.4 Å². The Morgan fingerprint density at radius 1 is 1.04 bits per heavy atom. The number of fused-ring (bicyclic) bond motifs is 13. The van der Waals surface area contributed by atoms with Crippen LogP contribution in [-0.4, -0.2) is 102 Å². The van der Waals surface area contributed by atoms with Gasteiger partial charge in [-0.05, 0) is 53.6 Å². The minimum Gasteiger partial charge on any atom is -0.467 e. The van der Waals surface area contributed by atoms with Crippen molar-refractivity contribution in [3.63, 3.8) is 0 Å². The van der Waals surface area contributed by atoms with Crippen LogP contribution in [0, 0.1) is 0 Å². The topological polar surface area (TPSA) is 194 Å². The highest BCUT2D eigenvalue weighted by Crippen LogP contribution is 2.58. The molecule has 6 N–H and O–H groups in total. The predicted molar refractivity (Wildman–Crippen MR) is 189 cm³/mol. The number of esters is 1. The van der Waals surface area contributed by atoms with Crippen molar-refractivity contribution in [2.24, 2.45) is 0 Å². The molecule has 2 fully saturated rings. The lowest BCUT2D eigenvalue weighted by molar-refractivity contribution is -0.304. The molecule has 2 saturated heterocycles. The number of carbonyl (C=O) groups is 2. The molecule has 4 aliphatic heterocycles.